The van der Waals surface area contributed by atoms with E-state index < -0.39 is 0 Å². The molecule has 0 aromatic carbocycles. The van der Waals surface area contributed by atoms with Gasteiger partial charge in [0.05, 0.1) is 19.3 Å². The summed E-state index contributed by atoms with van der Waals surface area (Å²) in [7, 11) is 3.82. The highest BCUT2D eigenvalue weighted by Crippen LogP contribution is 2.27. The lowest BCUT2D eigenvalue weighted by molar-refractivity contribution is 0.0257. The molecule has 0 atom stereocenters. The highest BCUT2D eigenvalue weighted by atomic mass is 16.5. The van der Waals surface area contributed by atoms with E-state index in [2.05, 4.69) is 11.9 Å². The van der Waals surface area contributed by atoms with Crippen molar-refractivity contribution in [3.63, 3.8) is 0 Å². The van der Waals surface area contributed by atoms with Gasteiger partial charge in [-0.05, 0) is 32.2 Å². The van der Waals surface area contributed by atoms with E-state index in [1.165, 1.54) is 0 Å². The molecule has 1 aliphatic rings. The normalized spacial score (nSPS) is 24.8. The molecule has 4 heteroatoms. The van der Waals surface area contributed by atoms with Gasteiger partial charge in [-0.3, -0.25) is 0 Å². The third-order valence-electron chi connectivity index (χ3n) is 3.04. The Hall–Kier alpha value is -0.160. The monoisotopic (exact) mass is 231 g/mol. The third kappa shape index (κ3) is 5.80. The molecule has 96 valence electrons. The molecule has 1 aliphatic carbocycles. The molecule has 16 heavy (non-hydrogen) atoms. The summed E-state index contributed by atoms with van der Waals surface area (Å²) < 4.78 is 10.3. The molecule has 0 heterocycles. The fraction of sp³-hybridized carbons (Fsp3) is 1.00. The second-order valence-electron chi connectivity index (χ2n) is 4.71. The van der Waals surface area contributed by atoms with Crippen LogP contribution in [0.25, 0.3) is 0 Å². The minimum atomic E-state index is -0.0317. The van der Waals surface area contributed by atoms with E-state index in [4.69, 9.17) is 9.47 Å². The van der Waals surface area contributed by atoms with Crippen LogP contribution in [0, 0.1) is 5.92 Å². The van der Waals surface area contributed by atoms with Gasteiger partial charge in [-0.15, -0.1) is 0 Å². The van der Waals surface area contributed by atoms with Crippen molar-refractivity contribution in [2.45, 2.75) is 25.4 Å². The van der Waals surface area contributed by atoms with Gasteiger partial charge < -0.3 is 19.5 Å². The van der Waals surface area contributed by atoms with E-state index in [1.807, 2.05) is 0 Å². The van der Waals surface area contributed by atoms with Gasteiger partial charge in [-0.2, -0.15) is 0 Å². The minimum absolute atomic E-state index is 0.0317. The Labute approximate surface area is 98.5 Å². The molecule has 0 amide bonds. The number of rotatable bonds is 9. The van der Waals surface area contributed by atoms with Crippen molar-refractivity contribution in [3.05, 3.63) is 0 Å². The van der Waals surface area contributed by atoms with Crippen LogP contribution in [0.5, 0.6) is 0 Å². The summed E-state index contributed by atoms with van der Waals surface area (Å²) in [6.45, 7) is 4.35. The molecular formula is C12H25NO3. The lowest BCUT2D eigenvalue weighted by Crippen LogP contribution is -2.37. The number of nitrogens with zero attached hydrogens (tertiary/aromatic N) is 1. The van der Waals surface area contributed by atoms with Gasteiger partial charge in [0.25, 0.3) is 0 Å². The largest absolute Gasteiger partial charge is 0.393 e. The van der Waals surface area contributed by atoms with Crippen LogP contribution in [0.1, 0.15) is 19.3 Å². The van der Waals surface area contributed by atoms with Crippen LogP contribution in [0.15, 0.2) is 0 Å². The number of methoxy groups -OCH3 is 1. The standard InChI is InChI=1S/C12H25NO3/c1-13(10-11-8-12(14)9-11)4-3-5-16-7-6-15-2/h11-12,14H,3-10H2,1-2H3. The van der Waals surface area contributed by atoms with Gasteiger partial charge in [-0.25, -0.2) is 0 Å². The lowest BCUT2D eigenvalue weighted by atomic mass is 9.82. The Kier molecular flexibility index (Phi) is 6.96. The van der Waals surface area contributed by atoms with E-state index >= 15 is 0 Å². The highest BCUT2D eigenvalue weighted by Gasteiger charge is 2.27. The first kappa shape index (κ1) is 13.9. The second-order valence-corrected chi connectivity index (χ2v) is 4.71. The maximum absolute atomic E-state index is 9.18. The third-order valence-corrected chi connectivity index (χ3v) is 3.04. The molecule has 0 radical (unpaired) electrons. The zero-order valence-corrected chi connectivity index (χ0v) is 10.5. The molecule has 1 fully saturated rings. The van der Waals surface area contributed by atoms with Crippen molar-refractivity contribution in [3.8, 4) is 0 Å². The van der Waals surface area contributed by atoms with Gasteiger partial charge >= 0.3 is 0 Å². The fourth-order valence-electron chi connectivity index (χ4n) is 2.06. The average molecular weight is 231 g/mol. The average Bonchev–Trinajstić information content (AvgIpc) is 2.21. The van der Waals surface area contributed by atoms with Crippen molar-refractivity contribution in [2.24, 2.45) is 5.92 Å². The highest BCUT2D eigenvalue weighted by molar-refractivity contribution is 4.80. The van der Waals surface area contributed by atoms with Crippen molar-refractivity contribution in [2.75, 3.05) is 47.1 Å². The molecule has 0 aromatic rings. The summed E-state index contributed by atoms with van der Waals surface area (Å²) in [5.41, 5.74) is 0. The summed E-state index contributed by atoms with van der Waals surface area (Å²) in [5, 5.41) is 9.18. The maximum atomic E-state index is 9.18. The van der Waals surface area contributed by atoms with Crippen LogP contribution in [-0.4, -0.2) is 63.2 Å². The quantitative estimate of drug-likeness (QED) is 0.594. The molecular weight excluding hydrogens is 206 g/mol. The van der Waals surface area contributed by atoms with Crippen LogP contribution in [-0.2, 0) is 9.47 Å². The molecule has 1 N–H and O–H groups in total. The zero-order valence-electron chi connectivity index (χ0n) is 10.5. The second kappa shape index (κ2) is 8.01. The summed E-state index contributed by atoms with van der Waals surface area (Å²) in [6, 6.07) is 0. The zero-order chi connectivity index (χ0) is 11.8. The topological polar surface area (TPSA) is 41.9 Å². The Balaban J connectivity index is 1.84. The van der Waals surface area contributed by atoms with Crippen molar-refractivity contribution in [1.29, 1.82) is 0 Å². The number of aliphatic hydroxyl groups excluding tert-OH is 1. The Bertz CT molecular complexity index is 172. The first-order valence-electron chi connectivity index (χ1n) is 6.15. The van der Waals surface area contributed by atoms with Gasteiger partial charge in [0.1, 0.15) is 0 Å². The molecule has 0 aromatic heterocycles. The van der Waals surface area contributed by atoms with Crippen molar-refractivity contribution >= 4 is 0 Å². The van der Waals surface area contributed by atoms with Crippen LogP contribution in [0.2, 0.25) is 0 Å². The molecule has 0 aliphatic heterocycles. The molecule has 0 bridgehead atoms. The number of hydrogen-bond donors (Lipinski definition) is 1. The number of aliphatic hydroxyl groups is 1. The predicted molar refractivity (Wildman–Crippen MR) is 63.5 cm³/mol. The molecule has 4 nitrogen and oxygen atoms in total. The van der Waals surface area contributed by atoms with Crippen LogP contribution in [0.3, 0.4) is 0 Å². The van der Waals surface area contributed by atoms with E-state index in [1.54, 1.807) is 7.11 Å². The predicted octanol–water partition coefficient (Wildman–Crippen LogP) is 0.742. The van der Waals surface area contributed by atoms with E-state index in [0.717, 1.165) is 39.0 Å². The molecule has 0 unspecified atom stereocenters. The number of ether oxygens (including phenoxy) is 2. The van der Waals surface area contributed by atoms with Crippen molar-refractivity contribution in [1.82, 2.24) is 4.90 Å². The molecule has 1 saturated carbocycles. The van der Waals surface area contributed by atoms with E-state index in [0.29, 0.717) is 19.1 Å². The van der Waals surface area contributed by atoms with Gasteiger partial charge in [0.2, 0.25) is 0 Å². The molecule has 0 spiro atoms. The lowest BCUT2D eigenvalue weighted by Gasteiger charge is -2.34. The first-order valence-corrected chi connectivity index (χ1v) is 6.15. The minimum Gasteiger partial charge on any atom is -0.393 e. The van der Waals surface area contributed by atoms with Gasteiger partial charge in [0.15, 0.2) is 0 Å². The summed E-state index contributed by atoms with van der Waals surface area (Å²) in [6.07, 6.45) is 2.99. The Morgan fingerprint density at radius 2 is 2.00 bits per heavy atom. The maximum Gasteiger partial charge on any atom is 0.0700 e. The smallest absolute Gasteiger partial charge is 0.0700 e. The molecule has 0 saturated heterocycles. The Morgan fingerprint density at radius 1 is 1.25 bits per heavy atom. The summed E-state index contributed by atoms with van der Waals surface area (Å²) in [4.78, 5) is 2.33. The number of hydrogen-bond acceptors (Lipinski definition) is 4. The Morgan fingerprint density at radius 3 is 2.62 bits per heavy atom. The fourth-order valence-corrected chi connectivity index (χ4v) is 2.06. The van der Waals surface area contributed by atoms with Crippen LogP contribution < -0.4 is 0 Å². The van der Waals surface area contributed by atoms with Gasteiger partial charge in [-0.1, -0.05) is 0 Å². The SMILES string of the molecule is COCCOCCCN(C)CC1CC(O)C1. The van der Waals surface area contributed by atoms with E-state index in [9.17, 15) is 5.11 Å². The van der Waals surface area contributed by atoms with Gasteiger partial charge in [0, 0.05) is 26.8 Å². The summed E-state index contributed by atoms with van der Waals surface area (Å²) >= 11 is 0. The summed E-state index contributed by atoms with van der Waals surface area (Å²) in [5.74, 6) is 0.703. The van der Waals surface area contributed by atoms with Crippen molar-refractivity contribution < 1.29 is 14.6 Å². The molecule has 1 rings (SSSR count). The van der Waals surface area contributed by atoms with E-state index in [-0.39, 0.29) is 6.10 Å². The first-order chi connectivity index (χ1) is 7.72. The van der Waals surface area contributed by atoms with Crippen LogP contribution >= 0.6 is 0 Å². The van der Waals surface area contributed by atoms with Crippen LogP contribution in [0.4, 0.5) is 0 Å².